The molecule has 0 atom stereocenters. The van der Waals surface area contributed by atoms with E-state index in [1.165, 1.54) is 7.05 Å². The molecule has 6 nitrogen and oxygen atoms in total. The van der Waals surface area contributed by atoms with Gasteiger partial charge in [0, 0.05) is 20.0 Å². The molecule has 23 heavy (non-hydrogen) atoms. The van der Waals surface area contributed by atoms with Gasteiger partial charge in [0.1, 0.15) is 17.4 Å². The molecule has 0 bridgehead atoms. The van der Waals surface area contributed by atoms with Crippen molar-refractivity contribution in [2.75, 3.05) is 19.9 Å². The van der Waals surface area contributed by atoms with Crippen molar-refractivity contribution in [3.8, 4) is 5.75 Å². The van der Waals surface area contributed by atoms with Crippen LogP contribution in [0.25, 0.3) is 0 Å². The molecule has 126 valence electrons. The van der Waals surface area contributed by atoms with Gasteiger partial charge in [-0.25, -0.2) is 22.5 Å². The fourth-order valence-electron chi connectivity index (χ4n) is 1.61. The summed E-state index contributed by atoms with van der Waals surface area (Å²) in [5, 5.41) is 0. The maximum Gasteiger partial charge on any atom is 0.212 e. The Morgan fingerprint density at radius 2 is 2.04 bits per heavy atom. The molecule has 0 aliphatic rings. The molecule has 1 aromatic rings. The first kappa shape index (κ1) is 19.0. The molecular formula is C15H20FN3O3S. The predicted molar refractivity (Wildman–Crippen MR) is 90.3 cm³/mol. The maximum atomic E-state index is 12.5. The zero-order valence-electron chi connectivity index (χ0n) is 13.1. The number of halogens is 1. The van der Waals surface area contributed by atoms with Crippen LogP contribution in [-0.4, -0.2) is 40.4 Å². The van der Waals surface area contributed by atoms with Crippen molar-refractivity contribution in [3.05, 3.63) is 42.2 Å². The topological polar surface area (TPSA) is 80.1 Å². The highest BCUT2D eigenvalue weighted by molar-refractivity contribution is 7.89. The minimum atomic E-state index is -3.49. The smallest absolute Gasteiger partial charge is 0.212 e. The van der Waals surface area contributed by atoms with Crippen molar-refractivity contribution in [1.82, 2.24) is 4.72 Å². The first-order chi connectivity index (χ1) is 10.9. The summed E-state index contributed by atoms with van der Waals surface area (Å²) in [6, 6.07) is 7.06. The van der Waals surface area contributed by atoms with Crippen LogP contribution in [-0.2, 0) is 16.6 Å². The van der Waals surface area contributed by atoms with E-state index in [1.54, 1.807) is 31.4 Å². The third kappa shape index (κ3) is 7.66. The molecule has 0 radical (unpaired) electrons. The number of nitrogens with zero attached hydrogens (tertiary/aromatic N) is 2. The Hall–Kier alpha value is -2.06. The summed E-state index contributed by atoms with van der Waals surface area (Å²) in [5.74, 6) is 0.0318. The summed E-state index contributed by atoms with van der Waals surface area (Å²) in [6.45, 7) is 3.21. The SMILES string of the molecule is C=C(F)C=NC(CCS(=O)(=O)NCc1ccc(OC)cc1)=NC. The van der Waals surface area contributed by atoms with Gasteiger partial charge in [0.2, 0.25) is 10.0 Å². The van der Waals surface area contributed by atoms with E-state index in [4.69, 9.17) is 4.74 Å². The van der Waals surface area contributed by atoms with Gasteiger partial charge in [0.25, 0.3) is 0 Å². The van der Waals surface area contributed by atoms with Crippen molar-refractivity contribution in [1.29, 1.82) is 0 Å². The number of hydrogen-bond donors (Lipinski definition) is 1. The molecule has 1 aromatic carbocycles. The number of aliphatic imine (C=N–C) groups is 2. The van der Waals surface area contributed by atoms with E-state index in [-0.39, 0.29) is 24.6 Å². The zero-order chi connectivity index (χ0) is 17.3. The van der Waals surface area contributed by atoms with Crippen LogP contribution < -0.4 is 9.46 Å². The molecule has 0 saturated heterocycles. The van der Waals surface area contributed by atoms with E-state index in [1.807, 2.05) is 0 Å². The van der Waals surface area contributed by atoms with Crippen LogP contribution in [0, 0.1) is 0 Å². The van der Waals surface area contributed by atoms with Crippen LogP contribution in [0.5, 0.6) is 5.75 Å². The average molecular weight is 341 g/mol. The Morgan fingerprint density at radius 3 is 2.57 bits per heavy atom. The molecule has 1 N–H and O–H groups in total. The van der Waals surface area contributed by atoms with Gasteiger partial charge in [0.15, 0.2) is 0 Å². The number of amidine groups is 1. The number of nitrogens with one attached hydrogen (secondary N) is 1. The van der Waals surface area contributed by atoms with Gasteiger partial charge in [-0.15, -0.1) is 0 Å². The quantitative estimate of drug-likeness (QED) is 0.581. The average Bonchev–Trinajstić information content (AvgIpc) is 2.53. The van der Waals surface area contributed by atoms with Gasteiger partial charge in [-0.2, -0.15) is 0 Å². The normalized spacial score (nSPS) is 12.6. The van der Waals surface area contributed by atoms with Crippen molar-refractivity contribution >= 4 is 22.1 Å². The minimum Gasteiger partial charge on any atom is -0.497 e. The zero-order valence-corrected chi connectivity index (χ0v) is 13.9. The molecule has 0 saturated carbocycles. The molecular weight excluding hydrogens is 321 g/mol. The largest absolute Gasteiger partial charge is 0.497 e. The second-order valence-corrected chi connectivity index (χ2v) is 6.51. The molecule has 0 spiro atoms. The number of methoxy groups -OCH3 is 1. The Kier molecular flexibility index (Phi) is 7.56. The second kappa shape index (κ2) is 9.16. The Balaban J connectivity index is 2.53. The molecule has 0 aromatic heterocycles. The van der Waals surface area contributed by atoms with Crippen molar-refractivity contribution < 1.29 is 17.5 Å². The van der Waals surface area contributed by atoms with E-state index in [0.29, 0.717) is 5.75 Å². The van der Waals surface area contributed by atoms with Crippen LogP contribution in [0.3, 0.4) is 0 Å². The Morgan fingerprint density at radius 1 is 1.39 bits per heavy atom. The first-order valence-electron chi connectivity index (χ1n) is 6.80. The first-order valence-corrected chi connectivity index (χ1v) is 8.46. The summed E-state index contributed by atoms with van der Waals surface area (Å²) in [4.78, 5) is 7.53. The summed E-state index contributed by atoms with van der Waals surface area (Å²) >= 11 is 0. The number of hydrogen-bond acceptors (Lipinski definition) is 4. The lowest BCUT2D eigenvalue weighted by Crippen LogP contribution is -2.27. The van der Waals surface area contributed by atoms with Crippen LogP contribution in [0.1, 0.15) is 12.0 Å². The van der Waals surface area contributed by atoms with E-state index < -0.39 is 15.9 Å². The molecule has 1 rings (SSSR count). The van der Waals surface area contributed by atoms with Crippen molar-refractivity contribution in [2.24, 2.45) is 9.98 Å². The molecule has 0 aliphatic carbocycles. The number of allylic oxidation sites excluding steroid dienone is 1. The second-order valence-electron chi connectivity index (χ2n) is 4.58. The highest BCUT2D eigenvalue weighted by atomic mass is 32.2. The molecule has 0 heterocycles. The fraction of sp³-hybridized carbons (Fsp3) is 0.333. The lowest BCUT2D eigenvalue weighted by Gasteiger charge is -2.07. The van der Waals surface area contributed by atoms with Gasteiger partial charge in [0.05, 0.1) is 19.1 Å². The lowest BCUT2D eigenvalue weighted by atomic mass is 10.2. The third-order valence-corrected chi connectivity index (χ3v) is 4.19. The predicted octanol–water partition coefficient (Wildman–Crippen LogP) is 2.09. The summed E-state index contributed by atoms with van der Waals surface area (Å²) in [6.07, 6.45) is 0.984. The van der Waals surface area contributed by atoms with Gasteiger partial charge >= 0.3 is 0 Å². The van der Waals surface area contributed by atoms with E-state index in [0.717, 1.165) is 11.8 Å². The minimum absolute atomic E-state index is 0.0816. The summed E-state index contributed by atoms with van der Waals surface area (Å²) < 4.78 is 43.9. The Labute approximate surface area is 135 Å². The van der Waals surface area contributed by atoms with E-state index >= 15 is 0 Å². The molecule has 8 heteroatoms. The lowest BCUT2D eigenvalue weighted by molar-refractivity contribution is 0.414. The van der Waals surface area contributed by atoms with E-state index in [2.05, 4.69) is 21.3 Å². The third-order valence-electron chi connectivity index (χ3n) is 2.86. The molecule has 0 fully saturated rings. The van der Waals surface area contributed by atoms with Gasteiger partial charge in [-0.1, -0.05) is 18.7 Å². The maximum absolute atomic E-state index is 12.5. The van der Waals surface area contributed by atoms with Gasteiger partial charge in [-0.3, -0.25) is 4.99 Å². The monoisotopic (exact) mass is 341 g/mol. The van der Waals surface area contributed by atoms with Crippen LogP contribution in [0.4, 0.5) is 4.39 Å². The summed E-state index contributed by atoms with van der Waals surface area (Å²) in [7, 11) is -0.467. The van der Waals surface area contributed by atoms with Crippen LogP contribution in [0.2, 0.25) is 0 Å². The summed E-state index contributed by atoms with van der Waals surface area (Å²) in [5.41, 5.74) is 0.811. The highest BCUT2D eigenvalue weighted by Crippen LogP contribution is 2.11. The molecule has 0 aliphatic heterocycles. The molecule has 0 amide bonds. The van der Waals surface area contributed by atoms with Crippen LogP contribution >= 0.6 is 0 Å². The van der Waals surface area contributed by atoms with Crippen molar-refractivity contribution in [2.45, 2.75) is 13.0 Å². The Bertz CT molecular complexity index is 682. The highest BCUT2D eigenvalue weighted by Gasteiger charge is 2.11. The van der Waals surface area contributed by atoms with Gasteiger partial charge in [-0.05, 0) is 17.7 Å². The van der Waals surface area contributed by atoms with E-state index in [9.17, 15) is 12.8 Å². The van der Waals surface area contributed by atoms with Gasteiger partial charge < -0.3 is 4.74 Å². The van der Waals surface area contributed by atoms with Crippen molar-refractivity contribution in [3.63, 3.8) is 0 Å². The van der Waals surface area contributed by atoms with Crippen LogP contribution in [0.15, 0.2) is 46.7 Å². The number of rotatable bonds is 8. The molecule has 0 unspecified atom stereocenters. The number of ether oxygens (including phenoxy) is 1. The number of sulfonamides is 1. The standard InChI is InChI=1S/C15H20FN3O3S/c1-12(16)10-18-15(17-2)8-9-23(20,21)19-11-13-4-6-14(22-3)7-5-13/h4-7,10,19H,1,8-9,11H2,2-3H3. The fourth-order valence-corrected chi connectivity index (χ4v) is 2.60. The number of benzene rings is 1.